The van der Waals surface area contributed by atoms with Crippen LogP contribution in [0.2, 0.25) is 0 Å². The number of carbonyl (C=O) groups is 3. The molecule has 0 bridgehead atoms. The molecule has 1 N–H and O–H groups in total. The minimum Gasteiger partial charge on any atom is -0.339 e. The molecule has 2 saturated heterocycles. The Balaban J connectivity index is 1.28. The van der Waals surface area contributed by atoms with Crippen LogP contribution in [-0.4, -0.2) is 47.2 Å². The Morgan fingerprint density at radius 3 is 2.27 bits per heavy atom. The standard InChI is InChI=1S/C24H27N3O3/c28-22-7-4-14-27(22)17-18-8-10-20(11-9-18)24(30)26-15-12-19(13-16-26)23(29)25-21-5-2-1-3-6-21/h1-3,5-6,8-11,19H,4,7,12-17H2,(H,25,29). The van der Waals surface area contributed by atoms with Crippen molar-refractivity contribution < 1.29 is 14.4 Å². The molecule has 3 amide bonds. The lowest BCUT2D eigenvalue weighted by Crippen LogP contribution is -2.41. The lowest BCUT2D eigenvalue weighted by Gasteiger charge is -2.31. The second-order valence-corrected chi connectivity index (χ2v) is 8.04. The highest BCUT2D eigenvalue weighted by Gasteiger charge is 2.28. The van der Waals surface area contributed by atoms with E-state index in [9.17, 15) is 14.4 Å². The maximum Gasteiger partial charge on any atom is 0.253 e. The van der Waals surface area contributed by atoms with Crippen molar-refractivity contribution in [2.45, 2.75) is 32.2 Å². The predicted octanol–water partition coefficient (Wildman–Crippen LogP) is 3.30. The zero-order valence-corrected chi connectivity index (χ0v) is 17.0. The van der Waals surface area contributed by atoms with Gasteiger partial charge in [-0.1, -0.05) is 30.3 Å². The molecular weight excluding hydrogens is 378 g/mol. The average Bonchev–Trinajstić information content (AvgIpc) is 3.19. The van der Waals surface area contributed by atoms with Gasteiger partial charge in [0.15, 0.2) is 0 Å². The van der Waals surface area contributed by atoms with Crippen LogP contribution in [0.25, 0.3) is 0 Å². The molecular formula is C24H27N3O3. The fourth-order valence-corrected chi connectivity index (χ4v) is 4.14. The third-order valence-electron chi connectivity index (χ3n) is 5.94. The van der Waals surface area contributed by atoms with E-state index in [2.05, 4.69) is 5.32 Å². The lowest BCUT2D eigenvalue weighted by molar-refractivity contribution is -0.128. The van der Waals surface area contributed by atoms with E-state index in [-0.39, 0.29) is 23.6 Å². The molecule has 2 aromatic carbocycles. The molecule has 2 fully saturated rings. The third kappa shape index (κ3) is 4.70. The fraction of sp³-hybridized carbons (Fsp3) is 0.375. The second kappa shape index (κ2) is 9.11. The molecule has 2 aromatic rings. The smallest absolute Gasteiger partial charge is 0.253 e. The van der Waals surface area contributed by atoms with Gasteiger partial charge in [-0.3, -0.25) is 14.4 Å². The number of rotatable bonds is 5. The first-order chi connectivity index (χ1) is 14.6. The van der Waals surface area contributed by atoms with E-state index in [1.807, 2.05) is 64.4 Å². The minimum atomic E-state index is -0.0744. The predicted molar refractivity (Wildman–Crippen MR) is 115 cm³/mol. The fourth-order valence-electron chi connectivity index (χ4n) is 4.14. The van der Waals surface area contributed by atoms with Crippen molar-refractivity contribution in [3.05, 3.63) is 65.7 Å². The summed E-state index contributed by atoms with van der Waals surface area (Å²) in [5.74, 6) is 0.152. The summed E-state index contributed by atoms with van der Waals surface area (Å²) in [7, 11) is 0. The number of nitrogens with one attached hydrogen (secondary N) is 1. The van der Waals surface area contributed by atoms with Crippen LogP contribution < -0.4 is 5.32 Å². The minimum absolute atomic E-state index is 0.000663. The van der Waals surface area contributed by atoms with Gasteiger partial charge in [0, 0.05) is 49.8 Å². The Hall–Kier alpha value is -3.15. The number of para-hydroxylation sites is 1. The van der Waals surface area contributed by atoms with E-state index in [1.54, 1.807) is 0 Å². The number of hydrogen-bond donors (Lipinski definition) is 1. The molecule has 6 heteroatoms. The van der Waals surface area contributed by atoms with E-state index >= 15 is 0 Å². The summed E-state index contributed by atoms with van der Waals surface area (Å²) in [4.78, 5) is 40.8. The van der Waals surface area contributed by atoms with Gasteiger partial charge in [-0.25, -0.2) is 0 Å². The molecule has 0 unspecified atom stereocenters. The lowest BCUT2D eigenvalue weighted by atomic mass is 9.95. The SMILES string of the molecule is O=C(Nc1ccccc1)C1CCN(C(=O)c2ccc(CN3CCCC3=O)cc2)CC1. The van der Waals surface area contributed by atoms with Crippen LogP contribution in [0.5, 0.6) is 0 Å². The van der Waals surface area contributed by atoms with Crippen molar-refractivity contribution in [2.24, 2.45) is 5.92 Å². The third-order valence-corrected chi connectivity index (χ3v) is 5.94. The maximum absolute atomic E-state index is 12.8. The summed E-state index contributed by atoms with van der Waals surface area (Å²) in [6.07, 6.45) is 2.89. The van der Waals surface area contributed by atoms with Gasteiger partial charge in [0.1, 0.15) is 0 Å². The summed E-state index contributed by atoms with van der Waals surface area (Å²) in [6, 6.07) is 17.0. The van der Waals surface area contributed by atoms with Crippen molar-refractivity contribution in [2.75, 3.05) is 25.0 Å². The maximum atomic E-state index is 12.8. The van der Waals surface area contributed by atoms with Gasteiger partial charge >= 0.3 is 0 Å². The molecule has 2 heterocycles. The van der Waals surface area contributed by atoms with Crippen molar-refractivity contribution in [1.29, 1.82) is 0 Å². The largest absolute Gasteiger partial charge is 0.339 e. The molecule has 156 valence electrons. The van der Waals surface area contributed by atoms with Gasteiger partial charge in [0.2, 0.25) is 11.8 Å². The van der Waals surface area contributed by atoms with Crippen LogP contribution in [0.1, 0.15) is 41.6 Å². The Morgan fingerprint density at radius 1 is 0.933 bits per heavy atom. The normalized spacial score (nSPS) is 17.3. The van der Waals surface area contributed by atoms with Gasteiger partial charge in [0.05, 0.1) is 0 Å². The molecule has 2 aliphatic rings. The van der Waals surface area contributed by atoms with Gasteiger partial charge in [-0.05, 0) is 49.1 Å². The van der Waals surface area contributed by atoms with Gasteiger partial charge < -0.3 is 15.1 Å². The Morgan fingerprint density at radius 2 is 1.63 bits per heavy atom. The van der Waals surface area contributed by atoms with Crippen LogP contribution in [-0.2, 0) is 16.1 Å². The molecule has 0 spiro atoms. The quantitative estimate of drug-likeness (QED) is 0.830. The molecule has 0 aromatic heterocycles. The number of piperidine rings is 1. The number of carbonyl (C=O) groups excluding carboxylic acids is 3. The van der Waals surface area contributed by atoms with E-state index in [4.69, 9.17) is 0 Å². The Bertz CT molecular complexity index is 903. The highest BCUT2D eigenvalue weighted by Crippen LogP contribution is 2.22. The van der Waals surface area contributed by atoms with E-state index in [0.717, 1.165) is 24.2 Å². The first-order valence-corrected chi connectivity index (χ1v) is 10.6. The first kappa shape index (κ1) is 20.1. The number of anilines is 1. The molecule has 0 saturated carbocycles. The van der Waals surface area contributed by atoms with E-state index in [0.29, 0.717) is 44.5 Å². The van der Waals surface area contributed by atoms with Crippen LogP contribution in [0.4, 0.5) is 5.69 Å². The van der Waals surface area contributed by atoms with Crippen molar-refractivity contribution in [3.63, 3.8) is 0 Å². The van der Waals surface area contributed by atoms with Crippen molar-refractivity contribution in [1.82, 2.24) is 9.80 Å². The van der Waals surface area contributed by atoms with Crippen molar-refractivity contribution in [3.8, 4) is 0 Å². The topological polar surface area (TPSA) is 69.7 Å². The second-order valence-electron chi connectivity index (χ2n) is 8.04. The average molecular weight is 405 g/mol. The Labute approximate surface area is 176 Å². The summed E-state index contributed by atoms with van der Waals surface area (Å²) in [5, 5.41) is 2.96. The summed E-state index contributed by atoms with van der Waals surface area (Å²) in [6.45, 7) is 2.58. The van der Waals surface area contributed by atoms with Crippen molar-refractivity contribution >= 4 is 23.4 Å². The molecule has 30 heavy (non-hydrogen) atoms. The summed E-state index contributed by atoms with van der Waals surface area (Å²) >= 11 is 0. The number of hydrogen-bond acceptors (Lipinski definition) is 3. The number of likely N-dealkylation sites (tertiary alicyclic amines) is 2. The Kier molecular flexibility index (Phi) is 6.12. The van der Waals surface area contributed by atoms with Gasteiger partial charge in [0.25, 0.3) is 5.91 Å². The zero-order chi connectivity index (χ0) is 20.9. The molecule has 0 atom stereocenters. The molecule has 4 rings (SSSR count). The van der Waals surface area contributed by atoms with Crippen LogP contribution in [0, 0.1) is 5.92 Å². The van der Waals surface area contributed by atoms with Crippen LogP contribution in [0.15, 0.2) is 54.6 Å². The number of nitrogens with zero attached hydrogens (tertiary/aromatic N) is 2. The summed E-state index contributed by atoms with van der Waals surface area (Å²) in [5.41, 5.74) is 2.49. The van der Waals surface area contributed by atoms with Crippen LogP contribution in [0.3, 0.4) is 0 Å². The highest BCUT2D eigenvalue weighted by molar-refractivity contribution is 5.95. The van der Waals surface area contributed by atoms with Gasteiger partial charge in [-0.2, -0.15) is 0 Å². The monoisotopic (exact) mass is 405 g/mol. The first-order valence-electron chi connectivity index (χ1n) is 10.6. The summed E-state index contributed by atoms with van der Waals surface area (Å²) < 4.78 is 0. The molecule has 6 nitrogen and oxygen atoms in total. The van der Waals surface area contributed by atoms with Crippen LogP contribution >= 0.6 is 0 Å². The van der Waals surface area contributed by atoms with E-state index < -0.39 is 0 Å². The van der Waals surface area contributed by atoms with Gasteiger partial charge in [-0.15, -0.1) is 0 Å². The molecule has 0 aliphatic carbocycles. The molecule has 0 radical (unpaired) electrons. The molecule has 2 aliphatic heterocycles. The number of amides is 3. The zero-order valence-electron chi connectivity index (χ0n) is 17.0. The highest BCUT2D eigenvalue weighted by atomic mass is 16.2. The number of benzene rings is 2. The van der Waals surface area contributed by atoms with E-state index in [1.165, 1.54) is 0 Å².